The molecular formula is C17H11F5N4O2. The Labute approximate surface area is 154 Å². The topological polar surface area (TPSA) is 69.9 Å². The molecule has 0 radical (unpaired) electrons. The highest BCUT2D eigenvalue weighted by atomic mass is 19.4. The molecule has 146 valence electrons. The predicted octanol–water partition coefficient (Wildman–Crippen LogP) is 2.97. The van der Waals surface area contributed by atoms with E-state index in [0.717, 1.165) is 10.7 Å². The third-order valence-corrected chi connectivity index (χ3v) is 3.49. The SMILES string of the molecule is O=c1ccc(-c2cnc(OCC(F)(F)F)nc2)nn1Cc1ccc(F)cc1F. The first-order chi connectivity index (χ1) is 13.2. The average molecular weight is 398 g/mol. The van der Waals surface area contributed by atoms with E-state index in [2.05, 4.69) is 19.8 Å². The van der Waals surface area contributed by atoms with E-state index in [9.17, 15) is 26.7 Å². The molecule has 0 fully saturated rings. The fraction of sp³-hybridized carbons (Fsp3) is 0.176. The molecule has 0 bridgehead atoms. The maximum atomic E-state index is 13.8. The molecule has 0 aliphatic carbocycles. The lowest BCUT2D eigenvalue weighted by molar-refractivity contribution is -0.154. The van der Waals surface area contributed by atoms with E-state index in [1.165, 1.54) is 30.6 Å². The minimum atomic E-state index is -4.52. The molecular weight excluding hydrogens is 387 g/mol. The summed E-state index contributed by atoms with van der Waals surface area (Å²) in [6, 6.07) is 5.01. The van der Waals surface area contributed by atoms with E-state index >= 15 is 0 Å². The average Bonchev–Trinajstić information content (AvgIpc) is 2.64. The Kier molecular flexibility index (Phi) is 5.34. The zero-order valence-corrected chi connectivity index (χ0v) is 14.0. The summed E-state index contributed by atoms with van der Waals surface area (Å²) in [5, 5.41) is 4.06. The molecule has 2 aromatic heterocycles. The summed E-state index contributed by atoms with van der Waals surface area (Å²) < 4.78 is 68.5. The van der Waals surface area contributed by atoms with Crippen molar-refractivity contribution >= 4 is 0 Å². The largest absolute Gasteiger partial charge is 0.454 e. The molecule has 0 saturated heterocycles. The molecule has 0 saturated carbocycles. The van der Waals surface area contributed by atoms with Gasteiger partial charge in [-0.2, -0.15) is 18.3 Å². The molecule has 1 aromatic carbocycles. The standard InChI is InChI=1S/C17H11F5N4O2/c18-12-2-1-10(13(19)5-12)8-26-15(27)4-3-14(25-26)11-6-23-16(24-7-11)28-9-17(20,21)22/h1-7H,8-9H2. The van der Waals surface area contributed by atoms with Crippen LogP contribution in [0.4, 0.5) is 22.0 Å². The van der Waals surface area contributed by atoms with Gasteiger partial charge in [0.05, 0.1) is 12.2 Å². The number of hydrogen-bond acceptors (Lipinski definition) is 5. The molecule has 2 heterocycles. The number of benzene rings is 1. The van der Waals surface area contributed by atoms with Gasteiger partial charge < -0.3 is 4.74 Å². The maximum Gasteiger partial charge on any atom is 0.422 e. The second kappa shape index (κ2) is 7.71. The van der Waals surface area contributed by atoms with E-state index in [-0.39, 0.29) is 17.8 Å². The maximum absolute atomic E-state index is 13.8. The number of alkyl halides is 3. The van der Waals surface area contributed by atoms with Gasteiger partial charge in [-0.1, -0.05) is 6.07 Å². The first-order valence-electron chi connectivity index (χ1n) is 7.75. The Bertz CT molecular complexity index is 1030. The predicted molar refractivity (Wildman–Crippen MR) is 86.5 cm³/mol. The van der Waals surface area contributed by atoms with Crippen molar-refractivity contribution in [1.29, 1.82) is 0 Å². The van der Waals surface area contributed by atoms with E-state index in [0.29, 0.717) is 11.6 Å². The van der Waals surface area contributed by atoms with Gasteiger partial charge in [0, 0.05) is 35.7 Å². The molecule has 0 N–H and O–H groups in total. The number of aromatic nitrogens is 4. The smallest absolute Gasteiger partial charge is 0.422 e. The molecule has 6 nitrogen and oxygen atoms in total. The van der Waals surface area contributed by atoms with Crippen molar-refractivity contribution in [3.05, 3.63) is 70.3 Å². The van der Waals surface area contributed by atoms with E-state index in [1.807, 2.05) is 0 Å². The summed E-state index contributed by atoms with van der Waals surface area (Å²) >= 11 is 0. The third kappa shape index (κ3) is 4.87. The van der Waals surface area contributed by atoms with E-state index in [4.69, 9.17) is 0 Å². The van der Waals surface area contributed by atoms with E-state index in [1.54, 1.807) is 0 Å². The van der Waals surface area contributed by atoms with Gasteiger partial charge in [0.25, 0.3) is 5.56 Å². The Morgan fingerprint density at radius 3 is 2.39 bits per heavy atom. The van der Waals surface area contributed by atoms with Crippen LogP contribution in [0.1, 0.15) is 5.56 Å². The first kappa shape index (κ1) is 19.4. The van der Waals surface area contributed by atoms with Gasteiger partial charge in [-0.15, -0.1) is 0 Å². The van der Waals surface area contributed by atoms with Gasteiger partial charge in [0.1, 0.15) is 11.6 Å². The van der Waals surface area contributed by atoms with Gasteiger partial charge in [-0.3, -0.25) is 4.79 Å². The minimum Gasteiger partial charge on any atom is -0.454 e. The zero-order chi connectivity index (χ0) is 20.3. The van der Waals surface area contributed by atoms with Gasteiger partial charge in [-0.05, 0) is 12.1 Å². The summed E-state index contributed by atoms with van der Waals surface area (Å²) in [5.74, 6) is -1.58. The van der Waals surface area contributed by atoms with Crippen molar-refractivity contribution in [2.75, 3.05) is 6.61 Å². The second-order valence-corrected chi connectivity index (χ2v) is 5.61. The van der Waals surface area contributed by atoms with Crippen molar-refractivity contribution in [3.8, 4) is 17.3 Å². The Hall–Kier alpha value is -3.37. The normalized spacial score (nSPS) is 11.5. The van der Waals surface area contributed by atoms with Crippen LogP contribution in [0.5, 0.6) is 6.01 Å². The van der Waals surface area contributed by atoms with Crippen LogP contribution in [-0.4, -0.2) is 32.5 Å². The summed E-state index contributed by atoms with van der Waals surface area (Å²) in [6.45, 7) is -1.77. The summed E-state index contributed by atoms with van der Waals surface area (Å²) in [4.78, 5) is 19.3. The number of rotatable bonds is 5. The Morgan fingerprint density at radius 2 is 1.75 bits per heavy atom. The van der Waals surface area contributed by atoms with Crippen molar-refractivity contribution in [2.24, 2.45) is 0 Å². The molecule has 0 spiro atoms. The second-order valence-electron chi connectivity index (χ2n) is 5.61. The molecule has 3 rings (SSSR count). The van der Waals surface area contributed by atoms with Gasteiger partial charge in [0.2, 0.25) is 0 Å². The summed E-state index contributed by atoms with van der Waals surface area (Å²) in [5.41, 5.74) is 0.0519. The molecule has 0 atom stereocenters. The summed E-state index contributed by atoms with van der Waals surface area (Å²) in [7, 11) is 0. The van der Waals surface area contributed by atoms with Crippen LogP contribution in [0.25, 0.3) is 11.3 Å². The highest BCUT2D eigenvalue weighted by Gasteiger charge is 2.28. The van der Waals surface area contributed by atoms with Crippen LogP contribution in [0, 0.1) is 11.6 Å². The van der Waals surface area contributed by atoms with Crippen LogP contribution in [0.15, 0.2) is 47.5 Å². The lowest BCUT2D eigenvalue weighted by Gasteiger charge is -2.09. The Balaban J connectivity index is 1.82. The van der Waals surface area contributed by atoms with E-state index < -0.39 is 36.0 Å². The van der Waals surface area contributed by atoms with Crippen LogP contribution in [-0.2, 0) is 6.54 Å². The number of nitrogens with zero attached hydrogens (tertiary/aromatic N) is 4. The number of ether oxygens (including phenoxy) is 1. The van der Waals surface area contributed by atoms with Crippen molar-refractivity contribution in [2.45, 2.75) is 12.7 Å². The third-order valence-electron chi connectivity index (χ3n) is 3.49. The highest BCUT2D eigenvalue weighted by Crippen LogP contribution is 2.18. The molecule has 28 heavy (non-hydrogen) atoms. The number of hydrogen-bond donors (Lipinski definition) is 0. The molecule has 0 aliphatic rings. The Morgan fingerprint density at radius 1 is 1.04 bits per heavy atom. The molecule has 0 amide bonds. The van der Waals surface area contributed by atoms with Gasteiger partial charge >= 0.3 is 12.2 Å². The van der Waals surface area contributed by atoms with Crippen LogP contribution >= 0.6 is 0 Å². The fourth-order valence-corrected chi connectivity index (χ4v) is 2.20. The van der Waals surface area contributed by atoms with Gasteiger partial charge in [-0.25, -0.2) is 23.4 Å². The van der Waals surface area contributed by atoms with Gasteiger partial charge in [0.15, 0.2) is 6.61 Å². The molecule has 3 aromatic rings. The van der Waals surface area contributed by atoms with Crippen LogP contribution in [0.3, 0.4) is 0 Å². The quantitative estimate of drug-likeness (QED) is 0.618. The molecule has 0 unspecified atom stereocenters. The minimum absolute atomic E-state index is 0.0558. The molecule has 11 heteroatoms. The van der Waals surface area contributed by atoms with Crippen molar-refractivity contribution < 1.29 is 26.7 Å². The lowest BCUT2D eigenvalue weighted by Crippen LogP contribution is -2.23. The number of halogens is 5. The summed E-state index contributed by atoms with van der Waals surface area (Å²) in [6.07, 6.45) is -2.17. The lowest BCUT2D eigenvalue weighted by atomic mass is 10.2. The van der Waals surface area contributed by atoms with Crippen molar-refractivity contribution in [1.82, 2.24) is 19.7 Å². The van der Waals surface area contributed by atoms with Crippen molar-refractivity contribution in [3.63, 3.8) is 0 Å². The fourth-order valence-electron chi connectivity index (χ4n) is 2.20. The van der Waals surface area contributed by atoms with Crippen LogP contribution in [0.2, 0.25) is 0 Å². The monoisotopic (exact) mass is 398 g/mol. The first-order valence-corrected chi connectivity index (χ1v) is 7.75. The van der Waals surface area contributed by atoms with Crippen LogP contribution < -0.4 is 10.3 Å². The molecule has 0 aliphatic heterocycles. The highest BCUT2D eigenvalue weighted by molar-refractivity contribution is 5.55. The zero-order valence-electron chi connectivity index (χ0n) is 14.0.